The average Bonchev–Trinajstić information content (AvgIpc) is 3.12. The fraction of sp³-hybridized carbons (Fsp3) is 0.286. The first-order valence-corrected chi connectivity index (χ1v) is 8.87. The van der Waals surface area contributed by atoms with Gasteiger partial charge in [-0.15, -0.1) is 0 Å². The first-order chi connectivity index (χ1) is 13.5. The number of ether oxygens (including phenoxy) is 4. The fourth-order valence-corrected chi connectivity index (χ4v) is 3.03. The fourth-order valence-electron chi connectivity index (χ4n) is 3.03. The molecule has 2 aromatic carbocycles. The van der Waals surface area contributed by atoms with Crippen LogP contribution in [0.3, 0.4) is 0 Å². The smallest absolute Gasteiger partial charge is 0.319 e. The summed E-state index contributed by atoms with van der Waals surface area (Å²) in [6.45, 7) is 2.13. The van der Waals surface area contributed by atoms with Crippen molar-refractivity contribution >= 4 is 11.7 Å². The van der Waals surface area contributed by atoms with Crippen molar-refractivity contribution in [2.24, 2.45) is 0 Å². The van der Waals surface area contributed by atoms with Gasteiger partial charge in [-0.25, -0.2) is 4.79 Å². The minimum absolute atomic E-state index is 0.268. The van der Waals surface area contributed by atoms with E-state index < -0.39 is 5.79 Å². The molecule has 0 radical (unpaired) electrons. The summed E-state index contributed by atoms with van der Waals surface area (Å²) in [5.74, 6) is 0.585. The van der Waals surface area contributed by atoms with Crippen molar-refractivity contribution in [3.63, 3.8) is 0 Å². The Balaban J connectivity index is 1.61. The van der Waals surface area contributed by atoms with Gasteiger partial charge in [0.2, 0.25) is 0 Å². The van der Waals surface area contributed by atoms with Crippen molar-refractivity contribution in [1.29, 1.82) is 0 Å². The topological polar surface area (TPSA) is 78.1 Å². The van der Waals surface area contributed by atoms with Gasteiger partial charge < -0.3 is 29.6 Å². The number of rotatable bonds is 7. The number of hydrogen-bond acceptors (Lipinski definition) is 5. The first-order valence-electron chi connectivity index (χ1n) is 8.87. The summed E-state index contributed by atoms with van der Waals surface area (Å²) in [4.78, 5) is 12.3. The van der Waals surface area contributed by atoms with E-state index in [1.54, 1.807) is 14.2 Å². The van der Waals surface area contributed by atoms with Crippen molar-refractivity contribution < 1.29 is 23.7 Å². The lowest BCUT2D eigenvalue weighted by Crippen LogP contribution is -2.29. The van der Waals surface area contributed by atoms with E-state index in [9.17, 15) is 4.79 Å². The Bertz CT molecular complexity index is 835. The molecule has 7 nitrogen and oxygen atoms in total. The van der Waals surface area contributed by atoms with E-state index in [-0.39, 0.29) is 12.6 Å². The maximum atomic E-state index is 12.3. The highest BCUT2D eigenvalue weighted by molar-refractivity contribution is 5.89. The van der Waals surface area contributed by atoms with Crippen molar-refractivity contribution in [2.45, 2.75) is 25.7 Å². The van der Waals surface area contributed by atoms with Crippen LogP contribution in [-0.2, 0) is 22.4 Å². The van der Waals surface area contributed by atoms with E-state index in [1.807, 2.05) is 49.4 Å². The Morgan fingerprint density at radius 2 is 1.68 bits per heavy atom. The standard InChI is InChI=1S/C21H24N2O5/c1-21(27-10-11-28-21)13-15-6-4-7-16(12-15)23-20(24)22-14-17-18(25-2)8-5-9-19(17)26-3/h4-12H,13-14H2,1-3H3,(H2,22,23,24). The number of urea groups is 1. The van der Waals surface area contributed by atoms with Crippen LogP contribution in [0.4, 0.5) is 10.5 Å². The minimum Gasteiger partial charge on any atom is -0.496 e. The quantitative estimate of drug-likeness (QED) is 0.759. The van der Waals surface area contributed by atoms with Crippen LogP contribution >= 0.6 is 0 Å². The van der Waals surface area contributed by atoms with Gasteiger partial charge in [0.1, 0.15) is 24.0 Å². The third kappa shape index (κ3) is 4.68. The molecule has 0 aromatic heterocycles. The zero-order valence-electron chi connectivity index (χ0n) is 16.2. The Morgan fingerprint density at radius 1 is 1.04 bits per heavy atom. The first kappa shape index (κ1) is 19.4. The molecule has 0 fully saturated rings. The van der Waals surface area contributed by atoms with Crippen LogP contribution in [0.2, 0.25) is 0 Å². The SMILES string of the molecule is COc1cccc(OC)c1CNC(=O)Nc1cccc(CC2(C)OC=CO2)c1. The Hall–Kier alpha value is -3.35. The molecule has 0 saturated heterocycles. The van der Waals surface area contributed by atoms with Crippen molar-refractivity contribution in [3.8, 4) is 11.5 Å². The lowest BCUT2D eigenvalue weighted by atomic mass is 10.1. The average molecular weight is 384 g/mol. The molecule has 0 spiro atoms. The maximum absolute atomic E-state index is 12.3. The summed E-state index contributed by atoms with van der Waals surface area (Å²) < 4.78 is 21.6. The van der Waals surface area contributed by atoms with Gasteiger partial charge in [0.05, 0.1) is 26.3 Å². The van der Waals surface area contributed by atoms with Gasteiger partial charge in [0.25, 0.3) is 5.79 Å². The highest BCUT2D eigenvalue weighted by Crippen LogP contribution is 2.28. The predicted octanol–water partition coefficient (Wildman–Crippen LogP) is 3.80. The van der Waals surface area contributed by atoms with Crippen molar-refractivity contribution in [2.75, 3.05) is 19.5 Å². The van der Waals surface area contributed by atoms with Gasteiger partial charge >= 0.3 is 6.03 Å². The monoisotopic (exact) mass is 384 g/mol. The van der Waals surface area contributed by atoms with Crippen LogP contribution < -0.4 is 20.1 Å². The van der Waals surface area contributed by atoms with Gasteiger partial charge in [-0.3, -0.25) is 0 Å². The summed E-state index contributed by atoms with van der Waals surface area (Å²) in [6.07, 6.45) is 3.61. The molecule has 0 saturated carbocycles. The summed E-state index contributed by atoms with van der Waals surface area (Å²) >= 11 is 0. The molecule has 148 valence electrons. The number of carbonyl (C=O) groups excluding carboxylic acids is 1. The van der Waals surface area contributed by atoms with E-state index in [1.165, 1.54) is 12.5 Å². The molecule has 0 atom stereocenters. The normalized spacial score (nSPS) is 14.0. The van der Waals surface area contributed by atoms with Gasteiger partial charge in [-0.05, 0) is 29.8 Å². The number of methoxy groups -OCH3 is 2. The highest BCUT2D eigenvalue weighted by Gasteiger charge is 2.29. The molecule has 1 aliphatic rings. The van der Waals surface area contributed by atoms with Crippen LogP contribution in [0, 0.1) is 0 Å². The van der Waals surface area contributed by atoms with Gasteiger partial charge in [0.15, 0.2) is 0 Å². The van der Waals surface area contributed by atoms with E-state index >= 15 is 0 Å². The Kier molecular flexibility index (Phi) is 5.93. The van der Waals surface area contributed by atoms with E-state index in [4.69, 9.17) is 18.9 Å². The number of benzene rings is 2. The molecule has 2 amide bonds. The molecule has 0 unspecified atom stereocenters. The molecule has 1 aliphatic heterocycles. The van der Waals surface area contributed by atoms with Crippen LogP contribution in [0.15, 0.2) is 55.0 Å². The molecule has 2 aromatic rings. The molecule has 2 N–H and O–H groups in total. The van der Waals surface area contributed by atoms with Crippen molar-refractivity contribution in [1.82, 2.24) is 5.32 Å². The second-order valence-electron chi connectivity index (χ2n) is 6.47. The summed E-state index contributed by atoms with van der Waals surface area (Å²) in [5, 5.41) is 5.66. The zero-order valence-corrected chi connectivity index (χ0v) is 16.2. The molecule has 1 heterocycles. The summed E-state index contributed by atoms with van der Waals surface area (Å²) in [7, 11) is 3.16. The van der Waals surface area contributed by atoms with Crippen molar-refractivity contribution in [3.05, 3.63) is 66.1 Å². The second kappa shape index (κ2) is 8.56. The molecule has 0 bridgehead atoms. The Labute approximate surface area is 164 Å². The predicted molar refractivity (Wildman–Crippen MR) is 105 cm³/mol. The van der Waals surface area contributed by atoms with E-state index in [0.29, 0.717) is 23.6 Å². The third-order valence-corrected chi connectivity index (χ3v) is 4.36. The van der Waals surface area contributed by atoms with E-state index in [2.05, 4.69) is 10.6 Å². The Morgan fingerprint density at radius 3 is 2.32 bits per heavy atom. The summed E-state index contributed by atoms with van der Waals surface area (Å²) in [6, 6.07) is 12.7. The van der Waals surface area contributed by atoms with Crippen LogP contribution in [0.25, 0.3) is 0 Å². The molecular weight excluding hydrogens is 360 g/mol. The number of carbonyl (C=O) groups is 1. The second-order valence-corrected chi connectivity index (χ2v) is 6.47. The lowest BCUT2D eigenvalue weighted by molar-refractivity contribution is -0.124. The number of amides is 2. The maximum Gasteiger partial charge on any atom is 0.319 e. The molecular formula is C21H24N2O5. The third-order valence-electron chi connectivity index (χ3n) is 4.36. The number of nitrogens with one attached hydrogen (secondary N) is 2. The largest absolute Gasteiger partial charge is 0.496 e. The molecule has 28 heavy (non-hydrogen) atoms. The van der Waals surface area contributed by atoms with Gasteiger partial charge in [0, 0.05) is 19.0 Å². The van der Waals surface area contributed by atoms with E-state index in [0.717, 1.165) is 11.1 Å². The molecule has 7 heteroatoms. The zero-order chi connectivity index (χ0) is 20.0. The lowest BCUT2D eigenvalue weighted by Gasteiger charge is -2.23. The van der Waals surface area contributed by atoms with Crippen LogP contribution in [0.5, 0.6) is 11.5 Å². The molecule has 3 rings (SSSR count). The number of hydrogen-bond donors (Lipinski definition) is 2. The van der Waals surface area contributed by atoms with Gasteiger partial charge in [-0.2, -0.15) is 0 Å². The van der Waals surface area contributed by atoms with Crippen LogP contribution in [-0.4, -0.2) is 26.0 Å². The highest BCUT2D eigenvalue weighted by atomic mass is 16.7. The molecule has 0 aliphatic carbocycles. The summed E-state index contributed by atoms with van der Waals surface area (Å²) in [5.41, 5.74) is 2.43. The minimum atomic E-state index is -0.721. The van der Waals surface area contributed by atoms with Crippen LogP contribution in [0.1, 0.15) is 18.1 Å². The van der Waals surface area contributed by atoms with Gasteiger partial charge in [-0.1, -0.05) is 18.2 Å². The number of anilines is 1.